The van der Waals surface area contributed by atoms with Crippen LogP contribution in [-0.4, -0.2) is 73.6 Å². The number of likely N-dealkylation sites (N-methyl/N-ethyl adjacent to an activating group) is 1. The van der Waals surface area contributed by atoms with Crippen LogP contribution < -0.4 is 0 Å². The number of phosphoric ester groups is 1. The van der Waals surface area contributed by atoms with Crippen molar-refractivity contribution < 1.29 is 37.6 Å². The summed E-state index contributed by atoms with van der Waals surface area (Å²) in [6, 6.07) is 0. The number of quaternary nitrogens is 1. The highest BCUT2D eigenvalue weighted by molar-refractivity contribution is 7.47. The molecule has 0 aromatic rings. The smallest absolute Gasteiger partial charge is 0.457 e. The Bertz CT molecular complexity index is 568. The van der Waals surface area contributed by atoms with Crippen molar-refractivity contribution in [1.29, 1.82) is 0 Å². The lowest BCUT2D eigenvalue weighted by Crippen LogP contribution is -2.38. The fourth-order valence-electron chi connectivity index (χ4n) is 3.92. The normalized spacial score (nSPS) is 15.5. The van der Waals surface area contributed by atoms with Crippen molar-refractivity contribution in [2.45, 2.75) is 122 Å². The molecular weight excluding hydrogens is 469 g/mol. The summed E-state index contributed by atoms with van der Waals surface area (Å²) in [5.74, 6) is -0.572. The van der Waals surface area contributed by atoms with Crippen LogP contribution in [0, 0.1) is 0 Å². The van der Waals surface area contributed by atoms with E-state index in [4.69, 9.17) is 13.8 Å². The van der Waals surface area contributed by atoms with E-state index < -0.39 is 32.6 Å². The third kappa shape index (κ3) is 22.4. The van der Waals surface area contributed by atoms with Crippen molar-refractivity contribution in [3.63, 3.8) is 0 Å². The van der Waals surface area contributed by atoms with E-state index in [-0.39, 0.29) is 6.61 Å². The number of hydrogen-bond donors (Lipinski definition) is 2. The molecule has 2 unspecified atom stereocenters. The zero-order valence-corrected chi connectivity index (χ0v) is 24.1. The van der Waals surface area contributed by atoms with Crippen molar-refractivity contribution in [3.8, 4) is 0 Å². The van der Waals surface area contributed by atoms with Gasteiger partial charge in [0.1, 0.15) is 19.3 Å². The van der Waals surface area contributed by atoms with Gasteiger partial charge in [-0.2, -0.15) is 0 Å². The van der Waals surface area contributed by atoms with E-state index in [1.54, 1.807) is 0 Å². The predicted molar refractivity (Wildman–Crippen MR) is 141 cm³/mol. The molecule has 2 N–H and O–H groups in total. The number of carbonyl (C=O) groups is 1. The third-order valence-electron chi connectivity index (χ3n) is 6.04. The number of carbonyl (C=O) groups excluding carboxylic acids is 1. The van der Waals surface area contributed by atoms with Crippen molar-refractivity contribution in [2.24, 2.45) is 0 Å². The van der Waals surface area contributed by atoms with Crippen LogP contribution >= 0.6 is 7.82 Å². The van der Waals surface area contributed by atoms with Gasteiger partial charge in [0.15, 0.2) is 6.10 Å². The van der Waals surface area contributed by atoms with E-state index in [2.05, 4.69) is 6.92 Å². The lowest BCUT2D eigenvalue weighted by atomic mass is 10.0. The Balaban J connectivity index is 4.26. The van der Waals surface area contributed by atoms with E-state index in [1.807, 2.05) is 21.1 Å². The van der Waals surface area contributed by atoms with Crippen LogP contribution in [0.1, 0.15) is 110 Å². The van der Waals surface area contributed by atoms with Gasteiger partial charge in [-0.3, -0.25) is 13.8 Å². The van der Waals surface area contributed by atoms with Crippen molar-refractivity contribution >= 4 is 13.8 Å². The molecule has 35 heavy (non-hydrogen) atoms. The maximum absolute atomic E-state index is 12.4. The molecule has 0 aliphatic rings. The first-order chi connectivity index (χ1) is 16.5. The van der Waals surface area contributed by atoms with E-state index in [9.17, 15) is 19.4 Å². The van der Waals surface area contributed by atoms with Crippen molar-refractivity contribution in [2.75, 3.05) is 40.9 Å². The summed E-state index contributed by atoms with van der Waals surface area (Å²) < 4.78 is 28.6. The molecule has 0 heterocycles. The van der Waals surface area contributed by atoms with Gasteiger partial charge in [0.25, 0.3) is 0 Å². The lowest BCUT2D eigenvalue weighted by molar-refractivity contribution is -0.870. The summed E-state index contributed by atoms with van der Waals surface area (Å²) in [5.41, 5.74) is 0. The third-order valence-corrected chi connectivity index (χ3v) is 7.09. The van der Waals surface area contributed by atoms with Gasteiger partial charge < -0.3 is 19.2 Å². The van der Waals surface area contributed by atoms with Gasteiger partial charge in [-0.1, -0.05) is 96.8 Å². The van der Waals surface area contributed by atoms with Crippen LogP contribution in [0.25, 0.3) is 0 Å². The predicted octanol–water partition coefficient (Wildman–Crippen LogP) is 5.99. The van der Waals surface area contributed by atoms with E-state index in [0.717, 1.165) is 19.3 Å². The quantitative estimate of drug-likeness (QED) is 0.0692. The summed E-state index contributed by atoms with van der Waals surface area (Å²) in [6.45, 7) is 3.59. The standard InChI is InChI=1S/C26H54NO7P/c1-6-7-8-9-10-11-12-13-14-15-16-17-18-19-20-25(26(23-28)33-24(2)29)34-35(30,31)32-22-21-27(3,4)5/h25-26,28H,6-23H2,1-5H3/p+1/t25?,26-/m0/s1. The Morgan fingerprint density at radius 1 is 0.829 bits per heavy atom. The summed E-state index contributed by atoms with van der Waals surface area (Å²) >= 11 is 0. The molecule has 0 radical (unpaired) electrons. The molecule has 0 saturated heterocycles. The average Bonchev–Trinajstić information content (AvgIpc) is 2.75. The highest BCUT2D eigenvalue weighted by Gasteiger charge is 2.33. The molecule has 0 aromatic carbocycles. The zero-order valence-electron chi connectivity index (χ0n) is 23.2. The van der Waals surface area contributed by atoms with Gasteiger partial charge in [-0.15, -0.1) is 0 Å². The average molecular weight is 525 g/mol. The molecule has 0 bridgehead atoms. The van der Waals surface area contributed by atoms with Crippen LogP contribution in [0.5, 0.6) is 0 Å². The van der Waals surface area contributed by atoms with Crippen molar-refractivity contribution in [3.05, 3.63) is 0 Å². The molecule has 0 aromatic heterocycles. The number of rotatable bonds is 24. The van der Waals surface area contributed by atoms with E-state index in [1.165, 1.54) is 77.6 Å². The summed E-state index contributed by atoms with van der Waals surface area (Å²) in [7, 11) is 1.51. The summed E-state index contributed by atoms with van der Waals surface area (Å²) in [5, 5.41) is 9.67. The van der Waals surface area contributed by atoms with E-state index in [0.29, 0.717) is 17.4 Å². The second-order valence-electron chi connectivity index (χ2n) is 10.7. The molecule has 0 amide bonds. The van der Waals surface area contributed by atoms with Gasteiger partial charge >= 0.3 is 13.8 Å². The molecule has 0 aliphatic heterocycles. The molecule has 8 nitrogen and oxygen atoms in total. The highest BCUT2D eigenvalue weighted by atomic mass is 31.2. The number of nitrogens with zero attached hydrogens (tertiary/aromatic N) is 1. The molecule has 0 saturated carbocycles. The maximum Gasteiger partial charge on any atom is 0.472 e. The molecule has 210 valence electrons. The van der Waals surface area contributed by atoms with Crippen LogP contribution in [0.2, 0.25) is 0 Å². The Morgan fingerprint density at radius 2 is 1.29 bits per heavy atom. The number of ether oxygens (including phenoxy) is 1. The zero-order chi connectivity index (χ0) is 26.6. The molecule has 0 fully saturated rings. The Labute approximate surface area is 214 Å². The number of unbranched alkanes of at least 4 members (excludes halogenated alkanes) is 13. The topological polar surface area (TPSA) is 102 Å². The van der Waals surface area contributed by atoms with Gasteiger partial charge in [0, 0.05) is 6.92 Å². The minimum absolute atomic E-state index is 0.0558. The number of hydrogen-bond acceptors (Lipinski definition) is 6. The molecule has 3 atom stereocenters. The van der Waals surface area contributed by atoms with Gasteiger partial charge in [-0.25, -0.2) is 4.57 Å². The second-order valence-corrected chi connectivity index (χ2v) is 12.1. The van der Waals surface area contributed by atoms with Crippen LogP contribution in [-0.2, 0) is 23.1 Å². The first-order valence-corrected chi connectivity index (χ1v) is 15.2. The Hall–Kier alpha value is -0.500. The number of aliphatic hydroxyl groups excluding tert-OH is 1. The van der Waals surface area contributed by atoms with Crippen LogP contribution in [0.3, 0.4) is 0 Å². The first-order valence-electron chi connectivity index (χ1n) is 13.7. The number of esters is 1. The monoisotopic (exact) mass is 524 g/mol. The van der Waals surface area contributed by atoms with Crippen molar-refractivity contribution in [1.82, 2.24) is 0 Å². The number of phosphoric acid groups is 1. The van der Waals surface area contributed by atoms with Gasteiger partial charge in [0.2, 0.25) is 0 Å². The van der Waals surface area contributed by atoms with Gasteiger partial charge in [-0.05, 0) is 6.42 Å². The minimum Gasteiger partial charge on any atom is -0.457 e. The summed E-state index contributed by atoms with van der Waals surface area (Å²) in [6.07, 6.45) is 15.7. The lowest BCUT2D eigenvalue weighted by Gasteiger charge is -2.28. The maximum atomic E-state index is 12.4. The number of aliphatic hydroxyl groups is 1. The van der Waals surface area contributed by atoms with Gasteiger partial charge in [0.05, 0.1) is 27.7 Å². The summed E-state index contributed by atoms with van der Waals surface area (Å²) in [4.78, 5) is 21.6. The molecule has 9 heteroatoms. The van der Waals surface area contributed by atoms with Crippen LogP contribution in [0.4, 0.5) is 0 Å². The minimum atomic E-state index is -4.35. The molecule has 0 aliphatic carbocycles. The SMILES string of the molecule is CCCCCCCCCCCCCCCCC(OP(=O)(O)OCC[N+](C)(C)C)[C@H](CO)OC(C)=O. The fraction of sp³-hybridized carbons (Fsp3) is 0.962. The second kappa shape index (κ2) is 20.5. The largest absolute Gasteiger partial charge is 0.472 e. The molecule has 0 rings (SSSR count). The molecule has 0 spiro atoms. The highest BCUT2D eigenvalue weighted by Crippen LogP contribution is 2.46. The molecular formula is C26H55NO7P+. The Morgan fingerprint density at radius 3 is 1.69 bits per heavy atom. The fourth-order valence-corrected chi connectivity index (χ4v) is 4.88. The first kappa shape index (κ1) is 34.5. The van der Waals surface area contributed by atoms with Crippen LogP contribution in [0.15, 0.2) is 0 Å². The van der Waals surface area contributed by atoms with E-state index >= 15 is 0 Å². The Kier molecular flexibility index (Phi) is 20.3.